The maximum absolute atomic E-state index is 13.1. The van der Waals surface area contributed by atoms with E-state index < -0.39 is 29.6 Å². The third-order valence-corrected chi connectivity index (χ3v) is 3.60. The van der Waals surface area contributed by atoms with Gasteiger partial charge in [-0.1, -0.05) is 0 Å². The Hall–Kier alpha value is -2.18. The van der Waals surface area contributed by atoms with Gasteiger partial charge in [0.2, 0.25) is 0 Å². The van der Waals surface area contributed by atoms with Crippen LogP contribution in [0.3, 0.4) is 0 Å². The predicted octanol–water partition coefficient (Wildman–Crippen LogP) is 2.68. The van der Waals surface area contributed by atoms with E-state index in [1.165, 1.54) is 4.90 Å². The molecule has 21 heavy (non-hydrogen) atoms. The van der Waals surface area contributed by atoms with Gasteiger partial charge in [0.25, 0.3) is 0 Å². The van der Waals surface area contributed by atoms with Crippen molar-refractivity contribution >= 4 is 17.7 Å². The number of hydrogen-bond donors (Lipinski definition) is 2. The van der Waals surface area contributed by atoms with Gasteiger partial charge in [-0.05, 0) is 31.9 Å². The summed E-state index contributed by atoms with van der Waals surface area (Å²) in [6.07, 6.45) is 0.727. The molecule has 0 bridgehead atoms. The Kier molecular flexibility index (Phi) is 4.40. The number of piperidine rings is 1. The number of carboxylic acids is 1. The number of aliphatic carboxylic acids is 1. The number of halogens is 2. The number of carbonyl (C=O) groups excluding carboxylic acids is 1. The van der Waals surface area contributed by atoms with E-state index in [1.54, 1.807) is 6.92 Å². The molecule has 7 heteroatoms. The first-order valence-corrected chi connectivity index (χ1v) is 6.63. The summed E-state index contributed by atoms with van der Waals surface area (Å²) < 4.78 is 26.1. The van der Waals surface area contributed by atoms with Crippen LogP contribution in [0.2, 0.25) is 0 Å². The number of nitrogens with one attached hydrogen (secondary N) is 1. The van der Waals surface area contributed by atoms with E-state index in [-0.39, 0.29) is 11.7 Å². The lowest BCUT2D eigenvalue weighted by Gasteiger charge is -2.36. The van der Waals surface area contributed by atoms with Crippen molar-refractivity contribution in [1.29, 1.82) is 0 Å². The Morgan fingerprint density at radius 3 is 2.43 bits per heavy atom. The van der Waals surface area contributed by atoms with Crippen LogP contribution in [0.1, 0.15) is 19.8 Å². The molecular formula is C14H16F2N2O3. The molecule has 1 aromatic carbocycles. The van der Waals surface area contributed by atoms with E-state index in [4.69, 9.17) is 5.11 Å². The van der Waals surface area contributed by atoms with Gasteiger partial charge in [0.1, 0.15) is 11.6 Å². The van der Waals surface area contributed by atoms with E-state index in [9.17, 15) is 18.4 Å². The van der Waals surface area contributed by atoms with Gasteiger partial charge < -0.3 is 15.3 Å². The van der Waals surface area contributed by atoms with Crippen LogP contribution in [0.5, 0.6) is 0 Å². The lowest BCUT2D eigenvalue weighted by molar-refractivity contribution is -0.143. The summed E-state index contributed by atoms with van der Waals surface area (Å²) in [7, 11) is 0. The van der Waals surface area contributed by atoms with Crippen LogP contribution in [-0.4, -0.2) is 34.6 Å². The molecule has 0 spiro atoms. The van der Waals surface area contributed by atoms with Crippen LogP contribution in [0.4, 0.5) is 19.3 Å². The number of hydrogen-bond acceptors (Lipinski definition) is 2. The summed E-state index contributed by atoms with van der Waals surface area (Å²) >= 11 is 0. The fourth-order valence-corrected chi connectivity index (χ4v) is 2.52. The standard InChI is InChI=1S/C14H16F2N2O3/c1-8-4-9(13(19)20)2-3-18(8)14(21)17-12-6-10(15)5-11(16)7-12/h5-9H,2-4H2,1H3,(H,17,21)(H,19,20). The SMILES string of the molecule is CC1CC(C(=O)O)CCN1C(=O)Nc1cc(F)cc(F)c1. The Bertz CT molecular complexity index is 545. The number of carbonyl (C=O) groups is 2. The molecule has 2 rings (SSSR count). The summed E-state index contributed by atoms with van der Waals surface area (Å²) in [4.78, 5) is 24.5. The van der Waals surface area contributed by atoms with Gasteiger partial charge in [-0.2, -0.15) is 0 Å². The molecule has 1 aliphatic heterocycles. The number of rotatable bonds is 2. The molecule has 1 aliphatic rings. The minimum absolute atomic E-state index is 0.0325. The van der Waals surface area contributed by atoms with E-state index in [1.807, 2.05) is 0 Å². The van der Waals surface area contributed by atoms with Crippen LogP contribution in [-0.2, 0) is 4.79 Å². The van der Waals surface area contributed by atoms with E-state index in [0.717, 1.165) is 18.2 Å². The summed E-state index contributed by atoms with van der Waals surface area (Å²) in [6.45, 7) is 2.04. The molecule has 2 N–H and O–H groups in total. The van der Waals surface area contributed by atoms with Crippen LogP contribution in [0.25, 0.3) is 0 Å². The average Bonchev–Trinajstić information content (AvgIpc) is 2.36. The van der Waals surface area contributed by atoms with Crippen LogP contribution in [0.15, 0.2) is 18.2 Å². The van der Waals surface area contributed by atoms with Gasteiger partial charge in [-0.25, -0.2) is 13.6 Å². The lowest BCUT2D eigenvalue weighted by atomic mass is 9.92. The van der Waals surface area contributed by atoms with Gasteiger partial charge in [0.05, 0.1) is 5.92 Å². The molecule has 2 unspecified atom stereocenters. The fourth-order valence-electron chi connectivity index (χ4n) is 2.52. The van der Waals surface area contributed by atoms with Gasteiger partial charge in [0, 0.05) is 24.3 Å². The number of carboxylic acid groups (broad SMARTS) is 1. The third kappa shape index (κ3) is 3.68. The molecule has 0 aromatic heterocycles. The minimum Gasteiger partial charge on any atom is -0.481 e. The Morgan fingerprint density at radius 1 is 1.29 bits per heavy atom. The average molecular weight is 298 g/mol. The molecule has 1 saturated heterocycles. The van der Waals surface area contributed by atoms with Crippen molar-refractivity contribution in [3.8, 4) is 0 Å². The van der Waals surface area contributed by atoms with Gasteiger partial charge in [-0.3, -0.25) is 4.79 Å². The second kappa shape index (κ2) is 6.07. The number of nitrogens with zero attached hydrogens (tertiary/aromatic N) is 1. The summed E-state index contributed by atoms with van der Waals surface area (Å²) in [6, 6.07) is 2.02. The zero-order valence-electron chi connectivity index (χ0n) is 11.5. The molecule has 1 aromatic rings. The third-order valence-electron chi connectivity index (χ3n) is 3.60. The van der Waals surface area contributed by atoms with Gasteiger partial charge >= 0.3 is 12.0 Å². The predicted molar refractivity (Wildman–Crippen MR) is 71.9 cm³/mol. The highest BCUT2D eigenvalue weighted by Crippen LogP contribution is 2.24. The highest BCUT2D eigenvalue weighted by Gasteiger charge is 2.32. The number of likely N-dealkylation sites (tertiary alicyclic amines) is 1. The molecule has 1 fully saturated rings. The first-order valence-electron chi connectivity index (χ1n) is 6.63. The summed E-state index contributed by atoms with van der Waals surface area (Å²) in [5.74, 6) is -2.88. The highest BCUT2D eigenvalue weighted by molar-refractivity contribution is 5.89. The summed E-state index contributed by atoms with van der Waals surface area (Å²) in [5.41, 5.74) is 0.0325. The number of benzene rings is 1. The molecule has 0 saturated carbocycles. The Morgan fingerprint density at radius 2 is 1.90 bits per heavy atom. The molecule has 1 heterocycles. The maximum atomic E-state index is 13.1. The first-order chi connectivity index (χ1) is 9.86. The highest BCUT2D eigenvalue weighted by atomic mass is 19.1. The molecular weight excluding hydrogens is 282 g/mol. The second-order valence-electron chi connectivity index (χ2n) is 5.19. The summed E-state index contributed by atoms with van der Waals surface area (Å²) in [5, 5.41) is 11.4. The molecule has 114 valence electrons. The molecule has 0 aliphatic carbocycles. The first kappa shape index (κ1) is 15.2. The topological polar surface area (TPSA) is 69.6 Å². The normalized spacial score (nSPS) is 22.0. The van der Waals surface area contributed by atoms with Gasteiger partial charge in [0.15, 0.2) is 0 Å². The van der Waals surface area contributed by atoms with Crippen molar-refractivity contribution in [1.82, 2.24) is 4.90 Å². The fraction of sp³-hybridized carbons (Fsp3) is 0.429. The Balaban J connectivity index is 2.02. The molecule has 2 amide bonds. The van der Waals surface area contributed by atoms with Gasteiger partial charge in [-0.15, -0.1) is 0 Å². The zero-order valence-corrected chi connectivity index (χ0v) is 11.5. The maximum Gasteiger partial charge on any atom is 0.322 e. The zero-order chi connectivity index (χ0) is 15.6. The number of urea groups is 1. The minimum atomic E-state index is -0.867. The van der Waals surface area contributed by atoms with Crippen molar-refractivity contribution in [2.24, 2.45) is 5.92 Å². The van der Waals surface area contributed by atoms with Crippen molar-refractivity contribution in [3.05, 3.63) is 29.8 Å². The number of anilines is 1. The largest absolute Gasteiger partial charge is 0.481 e. The van der Waals surface area contributed by atoms with Crippen LogP contribution in [0, 0.1) is 17.6 Å². The smallest absolute Gasteiger partial charge is 0.322 e. The van der Waals surface area contributed by atoms with E-state index in [0.29, 0.717) is 19.4 Å². The van der Waals surface area contributed by atoms with Crippen molar-refractivity contribution < 1.29 is 23.5 Å². The lowest BCUT2D eigenvalue weighted by Crippen LogP contribution is -2.47. The van der Waals surface area contributed by atoms with Crippen LogP contribution >= 0.6 is 0 Å². The quantitative estimate of drug-likeness (QED) is 0.882. The molecule has 5 nitrogen and oxygen atoms in total. The second-order valence-corrected chi connectivity index (χ2v) is 5.19. The molecule has 0 radical (unpaired) electrons. The molecule has 2 atom stereocenters. The monoisotopic (exact) mass is 298 g/mol. The van der Waals surface area contributed by atoms with Crippen molar-refractivity contribution in [2.45, 2.75) is 25.8 Å². The van der Waals surface area contributed by atoms with Crippen molar-refractivity contribution in [2.75, 3.05) is 11.9 Å². The van der Waals surface area contributed by atoms with E-state index >= 15 is 0 Å². The van der Waals surface area contributed by atoms with Crippen LogP contribution < -0.4 is 5.32 Å². The van der Waals surface area contributed by atoms with E-state index in [2.05, 4.69) is 5.32 Å². The number of amides is 2. The Labute approximate surface area is 120 Å². The van der Waals surface area contributed by atoms with Crippen molar-refractivity contribution in [3.63, 3.8) is 0 Å².